The summed E-state index contributed by atoms with van der Waals surface area (Å²) in [7, 11) is 0. The van der Waals surface area contributed by atoms with Gasteiger partial charge in [-0.2, -0.15) is 0 Å². The van der Waals surface area contributed by atoms with Gasteiger partial charge in [-0.1, -0.05) is 133 Å². The summed E-state index contributed by atoms with van der Waals surface area (Å²) in [6, 6.07) is 76.9. The zero-order valence-corrected chi connectivity index (χ0v) is 38.1. The maximum absolute atomic E-state index is 6.77. The van der Waals surface area contributed by atoms with E-state index in [1.54, 1.807) is 11.3 Å². The van der Waals surface area contributed by atoms with Crippen molar-refractivity contribution in [3.8, 4) is 62.1 Å². The van der Waals surface area contributed by atoms with E-state index >= 15 is 0 Å². The summed E-state index contributed by atoms with van der Waals surface area (Å²) in [5, 5.41) is 8.86. The summed E-state index contributed by atoms with van der Waals surface area (Å²) in [5.74, 6) is 1.73. The van der Waals surface area contributed by atoms with Gasteiger partial charge < -0.3 is 13.4 Å². The van der Waals surface area contributed by atoms with Crippen molar-refractivity contribution >= 4 is 97.2 Å². The van der Waals surface area contributed by atoms with Crippen molar-refractivity contribution in [2.24, 2.45) is 0 Å². The lowest BCUT2D eigenvalue weighted by atomic mass is 9.99. The minimum Gasteiger partial charge on any atom is -0.456 e. The average Bonchev–Trinajstić information content (AvgIpc) is 4.19. The Morgan fingerprint density at radius 2 is 0.871 bits per heavy atom. The minimum atomic E-state index is 0.562. The largest absolute Gasteiger partial charge is 0.456 e. The molecule has 0 spiro atoms. The SMILES string of the molecule is c1ccc(-c2ccc3c(c2)c2cc(-c4ccc5c(c4)oc4cccc(-c6nc(-c7ccc8c(c7)oc7ccccc78)nc(-c7cccc8c7sc7ccccc78)n6)c45)ccc2n3-c2ccccc2)cc1. The molecule has 0 atom stereocenters. The standard InChI is InChI=1S/C63H36N4O2S/c1-3-13-37(14-4-1)38-27-31-52-50(33-38)51-34-39(28-32-53(51)67(52)42-15-5-2-6-16-42)40-25-30-47-57(35-40)69-55-23-12-20-48(59(47)55)62-64-61(41-26-29-44-43-17-7-9-22-54(43)68-56(44)36-41)65-63(66-62)49-21-11-19-46-45-18-8-10-24-58(45)70-60(46)49/h1-36H. The van der Waals surface area contributed by atoms with Crippen molar-refractivity contribution in [3.63, 3.8) is 0 Å². The van der Waals surface area contributed by atoms with Gasteiger partial charge in [0.2, 0.25) is 0 Å². The molecule has 0 aliphatic rings. The van der Waals surface area contributed by atoms with Gasteiger partial charge in [-0.15, -0.1) is 11.3 Å². The predicted octanol–water partition coefficient (Wildman–Crippen LogP) is 17.5. The van der Waals surface area contributed by atoms with Gasteiger partial charge in [-0.3, -0.25) is 0 Å². The number of benzene rings is 10. The van der Waals surface area contributed by atoms with Crippen LogP contribution in [0.1, 0.15) is 0 Å². The number of fused-ring (bicyclic) bond motifs is 12. The fourth-order valence-corrected chi connectivity index (χ4v) is 11.8. The fourth-order valence-electron chi connectivity index (χ4n) is 10.6. The van der Waals surface area contributed by atoms with Crippen LogP contribution in [0.5, 0.6) is 0 Å². The molecule has 7 heteroatoms. The molecule has 0 saturated carbocycles. The molecule has 0 aliphatic heterocycles. The van der Waals surface area contributed by atoms with Crippen molar-refractivity contribution in [1.29, 1.82) is 0 Å². The lowest BCUT2D eigenvalue weighted by Crippen LogP contribution is -2.00. The van der Waals surface area contributed by atoms with E-state index in [1.165, 1.54) is 42.9 Å². The van der Waals surface area contributed by atoms with Crippen LogP contribution >= 0.6 is 11.3 Å². The number of thiophene rings is 1. The van der Waals surface area contributed by atoms with Crippen LogP contribution in [0.3, 0.4) is 0 Å². The van der Waals surface area contributed by atoms with E-state index < -0.39 is 0 Å². The fraction of sp³-hybridized carbons (Fsp3) is 0. The van der Waals surface area contributed by atoms with Gasteiger partial charge in [-0.05, 0) is 107 Å². The first-order chi connectivity index (χ1) is 34.7. The van der Waals surface area contributed by atoms with E-state index in [9.17, 15) is 0 Å². The molecular weight excluding hydrogens is 877 g/mol. The Bertz CT molecular complexity index is 4600. The van der Waals surface area contributed by atoms with Crippen molar-refractivity contribution in [2.75, 3.05) is 0 Å². The molecule has 15 aromatic rings. The molecule has 0 unspecified atom stereocenters. The molecular formula is C63H36N4O2S. The highest BCUT2D eigenvalue weighted by Crippen LogP contribution is 2.43. The molecule has 0 amide bonds. The molecule has 326 valence electrons. The smallest absolute Gasteiger partial charge is 0.165 e. The van der Waals surface area contributed by atoms with E-state index in [-0.39, 0.29) is 0 Å². The van der Waals surface area contributed by atoms with Crippen LogP contribution in [-0.4, -0.2) is 19.5 Å². The zero-order chi connectivity index (χ0) is 45.9. The molecule has 6 nitrogen and oxygen atoms in total. The molecule has 0 radical (unpaired) electrons. The quantitative estimate of drug-likeness (QED) is 0.166. The van der Waals surface area contributed by atoms with E-state index in [4.69, 9.17) is 23.8 Å². The van der Waals surface area contributed by atoms with Crippen LogP contribution in [0.4, 0.5) is 0 Å². The lowest BCUT2D eigenvalue weighted by Gasteiger charge is -2.10. The minimum absolute atomic E-state index is 0.562. The first-order valence-corrected chi connectivity index (χ1v) is 24.2. The molecule has 0 aliphatic carbocycles. The summed E-state index contributed by atoms with van der Waals surface area (Å²) >= 11 is 1.76. The maximum Gasteiger partial charge on any atom is 0.165 e. The van der Waals surface area contributed by atoms with Crippen LogP contribution < -0.4 is 0 Å². The summed E-state index contributed by atoms with van der Waals surface area (Å²) < 4.78 is 17.9. The second-order valence-corrected chi connectivity index (χ2v) is 18.9. The molecule has 15 rings (SSSR count). The Kier molecular flexibility index (Phi) is 8.43. The van der Waals surface area contributed by atoms with E-state index in [0.29, 0.717) is 17.5 Å². The van der Waals surface area contributed by atoms with Gasteiger partial charge in [-0.25, -0.2) is 15.0 Å². The normalized spacial score (nSPS) is 12.0. The summed E-state index contributed by atoms with van der Waals surface area (Å²) in [6.07, 6.45) is 0. The Balaban J connectivity index is 0.897. The van der Waals surface area contributed by atoms with Gasteiger partial charge in [0.25, 0.3) is 0 Å². The number of aromatic nitrogens is 4. The van der Waals surface area contributed by atoms with Gasteiger partial charge in [0, 0.05) is 74.9 Å². The molecule has 0 N–H and O–H groups in total. The van der Waals surface area contributed by atoms with Gasteiger partial charge in [0.05, 0.1) is 11.0 Å². The first kappa shape index (κ1) is 38.9. The van der Waals surface area contributed by atoms with Crippen molar-refractivity contribution in [1.82, 2.24) is 19.5 Å². The van der Waals surface area contributed by atoms with Crippen LogP contribution in [0.15, 0.2) is 227 Å². The van der Waals surface area contributed by atoms with Gasteiger partial charge >= 0.3 is 0 Å². The molecule has 5 heterocycles. The number of rotatable bonds is 6. The first-order valence-electron chi connectivity index (χ1n) is 23.4. The van der Waals surface area contributed by atoms with Crippen molar-refractivity contribution < 1.29 is 8.83 Å². The van der Waals surface area contributed by atoms with Gasteiger partial charge in [0.15, 0.2) is 17.5 Å². The number of furan rings is 2. The Morgan fingerprint density at radius 1 is 0.329 bits per heavy atom. The molecule has 10 aromatic carbocycles. The zero-order valence-electron chi connectivity index (χ0n) is 37.3. The highest BCUT2D eigenvalue weighted by atomic mass is 32.1. The molecule has 0 bridgehead atoms. The third kappa shape index (κ3) is 6.02. The Morgan fingerprint density at radius 3 is 1.70 bits per heavy atom. The molecule has 0 saturated heterocycles. The van der Waals surface area contributed by atoms with Crippen LogP contribution in [-0.2, 0) is 0 Å². The number of hydrogen-bond acceptors (Lipinski definition) is 6. The number of para-hydroxylation sites is 2. The molecule has 70 heavy (non-hydrogen) atoms. The third-order valence-corrected chi connectivity index (χ3v) is 15.1. The van der Waals surface area contributed by atoms with Crippen molar-refractivity contribution in [2.45, 2.75) is 0 Å². The average molecular weight is 913 g/mol. The molecule has 5 aromatic heterocycles. The summed E-state index contributed by atoms with van der Waals surface area (Å²) in [5.41, 5.74) is 13.9. The van der Waals surface area contributed by atoms with E-state index in [2.05, 4.69) is 187 Å². The highest BCUT2D eigenvalue weighted by molar-refractivity contribution is 7.26. The second kappa shape index (κ2) is 15.2. The number of nitrogens with zero attached hydrogens (tertiary/aromatic N) is 4. The Hall–Kier alpha value is -9.17. The third-order valence-electron chi connectivity index (χ3n) is 13.9. The van der Waals surface area contributed by atoms with Crippen LogP contribution in [0.25, 0.3) is 148 Å². The maximum atomic E-state index is 6.77. The van der Waals surface area contributed by atoms with Gasteiger partial charge in [0.1, 0.15) is 22.3 Å². The Labute approximate surface area is 404 Å². The number of hydrogen-bond donors (Lipinski definition) is 0. The van der Waals surface area contributed by atoms with Crippen molar-refractivity contribution in [3.05, 3.63) is 218 Å². The van der Waals surface area contributed by atoms with E-state index in [1.807, 2.05) is 36.4 Å². The predicted molar refractivity (Wildman–Crippen MR) is 289 cm³/mol. The monoisotopic (exact) mass is 912 g/mol. The molecule has 0 fully saturated rings. The highest BCUT2D eigenvalue weighted by Gasteiger charge is 2.22. The van der Waals surface area contributed by atoms with E-state index in [0.717, 1.165) is 87.6 Å². The summed E-state index contributed by atoms with van der Waals surface area (Å²) in [6.45, 7) is 0. The lowest BCUT2D eigenvalue weighted by molar-refractivity contribution is 0.668. The van der Waals surface area contributed by atoms with Crippen LogP contribution in [0, 0.1) is 0 Å². The van der Waals surface area contributed by atoms with Crippen LogP contribution in [0.2, 0.25) is 0 Å². The topological polar surface area (TPSA) is 69.9 Å². The second-order valence-electron chi connectivity index (χ2n) is 17.9. The summed E-state index contributed by atoms with van der Waals surface area (Å²) in [4.78, 5) is 15.9.